The fourth-order valence-electron chi connectivity index (χ4n) is 0.213. The average molecular weight is 182 g/mol. The van der Waals surface area contributed by atoms with E-state index >= 15 is 0 Å². The van der Waals surface area contributed by atoms with Gasteiger partial charge >= 0.3 is 11.9 Å². The summed E-state index contributed by atoms with van der Waals surface area (Å²) in [6.45, 7) is 0. The van der Waals surface area contributed by atoms with Crippen LogP contribution in [0, 0.1) is 0 Å². The lowest BCUT2D eigenvalue weighted by molar-refractivity contribution is -0.137. The van der Waals surface area contributed by atoms with E-state index in [0.717, 1.165) is 0 Å². The molecule has 0 saturated heterocycles. The Kier molecular flexibility index (Phi) is 10.6. The van der Waals surface area contributed by atoms with Crippen LogP contribution in [0.1, 0.15) is 6.42 Å². The molecule has 0 rings (SSSR count). The maximum atomic E-state index is 9.83. The van der Waals surface area contributed by atoms with Gasteiger partial charge in [0.05, 0.1) is 6.42 Å². The van der Waals surface area contributed by atoms with Gasteiger partial charge in [-0.3, -0.25) is 4.79 Å². The normalized spacial score (nSPS) is 6.91. The first-order valence-electron chi connectivity index (χ1n) is 2.02. The Hall–Kier alpha value is -1.05. The predicted molar refractivity (Wildman–Crippen MR) is 42.5 cm³/mol. The number of carboxylic acid groups (broad SMARTS) is 2. The summed E-state index contributed by atoms with van der Waals surface area (Å²) in [5.41, 5.74) is 0. The Labute approximate surface area is 68.4 Å². The number of aliphatic carboxylic acids is 2. The van der Waals surface area contributed by atoms with E-state index in [9.17, 15) is 9.59 Å². The molecule has 0 aliphatic heterocycles. The first-order valence-corrected chi connectivity index (χ1v) is 2.42. The highest BCUT2D eigenvalue weighted by Gasteiger charge is 2.09. The largest absolute Gasteiger partial charge is 0.481 e. The van der Waals surface area contributed by atoms with Crippen LogP contribution in [0.15, 0.2) is 0 Å². The third-order valence-corrected chi connectivity index (χ3v) is 0.869. The summed E-state index contributed by atoms with van der Waals surface area (Å²) in [6, 6.07) is 0. The van der Waals surface area contributed by atoms with E-state index in [0.29, 0.717) is 0 Å². The van der Waals surface area contributed by atoms with Crippen molar-refractivity contribution in [1.82, 2.24) is 12.3 Å². The van der Waals surface area contributed by atoms with Crippen LogP contribution in [-0.2, 0) is 9.59 Å². The zero-order valence-corrected chi connectivity index (χ0v) is 6.56. The van der Waals surface area contributed by atoms with E-state index in [1.807, 2.05) is 0 Å². The summed E-state index contributed by atoms with van der Waals surface area (Å²) in [5, 5.41) is 16.0. The van der Waals surface area contributed by atoms with Gasteiger partial charge in [-0.2, -0.15) is 0 Å². The zero-order chi connectivity index (χ0) is 7.44. The maximum absolute atomic E-state index is 9.83. The van der Waals surface area contributed by atoms with Gasteiger partial charge in [-0.1, -0.05) is 12.2 Å². The van der Waals surface area contributed by atoms with Crippen molar-refractivity contribution in [2.75, 3.05) is 0 Å². The first-order chi connectivity index (χ1) is 4.04. The van der Waals surface area contributed by atoms with Crippen LogP contribution < -0.4 is 12.3 Å². The SMILES string of the molecule is N.N.O=C(O)CC(=S)C(=O)O. The predicted octanol–water partition coefficient (Wildman–Crippen LogP) is 0.240. The van der Waals surface area contributed by atoms with E-state index in [4.69, 9.17) is 10.2 Å². The van der Waals surface area contributed by atoms with Gasteiger partial charge in [0.2, 0.25) is 0 Å². The quantitative estimate of drug-likeness (QED) is 0.457. The van der Waals surface area contributed by atoms with Gasteiger partial charge in [-0.25, -0.2) is 4.79 Å². The Morgan fingerprint density at radius 2 is 1.55 bits per heavy atom. The fourth-order valence-corrected chi connectivity index (χ4v) is 0.336. The molecule has 0 heterocycles. The monoisotopic (exact) mass is 182 g/mol. The number of thiocarbonyl (C=S) groups is 1. The Bertz CT molecular complexity index is 169. The summed E-state index contributed by atoms with van der Waals surface area (Å²) in [4.78, 5) is 19.1. The molecular weight excluding hydrogens is 172 g/mol. The van der Waals surface area contributed by atoms with Crippen molar-refractivity contribution in [2.45, 2.75) is 6.42 Å². The standard InChI is InChI=1S/C4H4O4S.2H3N/c5-3(6)1-2(9)4(7)8;;/h1H2,(H,5,6)(H,7,8);2*1H3. The van der Waals surface area contributed by atoms with Crippen LogP contribution in [0.5, 0.6) is 0 Å². The van der Waals surface area contributed by atoms with Gasteiger partial charge in [-0.05, 0) is 0 Å². The maximum Gasteiger partial charge on any atom is 0.343 e. The highest BCUT2D eigenvalue weighted by molar-refractivity contribution is 7.82. The van der Waals surface area contributed by atoms with Crippen molar-refractivity contribution < 1.29 is 19.8 Å². The topological polar surface area (TPSA) is 145 Å². The van der Waals surface area contributed by atoms with E-state index in [-0.39, 0.29) is 12.3 Å². The third-order valence-electron chi connectivity index (χ3n) is 0.550. The molecule has 0 radical (unpaired) electrons. The van der Waals surface area contributed by atoms with Crippen LogP contribution in [0.4, 0.5) is 0 Å². The Morgan fingerprint density at radius 3 is 1.64 bits per heavy atom. The van der Waals surface area contributed by atoms with Gasteiger partial charge < -0.3 is 22.5 Å². The molecule has 0 amide bonds. The zero-order valence-electron chi connectivity index (χ0n) is 5.74. The van der Waals surface area contributed by atoms with E-state index in [1.165, 1.54) is 0 Å². The van der Waals surface area contributed by atoms with Crippen molar-refractivity contribution in [3.8, 4) is 0 Å². The average Bonchev–Trinajstić information content (AvgIpc) is 1.63. The van der Waals surface area contributed by atoms with Crippen molar-refractivity contribution in [3.63, 3.8) is 0 Å². The number of rotatable bonds is 3. The molecule has 0 spiro atoms. The van der Waals surface area contributed by atoms with Crippen LogP contribution in [0.25, 0.3) is 0 Å². The highest BCUT2D eigenvalue weighted by atomic mass is 32.1. The molecule has 6 nitrogen and oxygen atoms in total. The molecule has 0 aliphatic carbocycles. The van der Waals surface area contributed by atoms with Crippen LogP contribution >= 0.6 is 12.2 Å². The Morgan fingerprint density at radius 1 is 1.18 bits per heavy atom. The first kappa shape index (κ1) is 16.5. The molecule has 8 N–H and O–H groups in total. The molecule has 0 aromatic heterocycles. The number of carbonyl (C=O) groups is 2. The van der Waals surface area contributed by atoms with Gasteiger partial charge in [0.1, 0.15) is 4.86 Å². The molecular formula is C4H10N2O4S. The fraction of sp³-hybridized carbons (Fsp3) is 0.250. The lowest BCUT2D eigenvalue weighted by Gasteiger charge is -1.88. The van der Waals surface area contributed by atoms with Crippen LogP contribution in [0.3, 0.4) is 0 Å². The lowest BCUT2D eigenvalue weighted by atomic mass is 10.3. The molecule has 0 aliphatic rings. The third kappa shape index (κ3) is 8.95. The molecule has 0 saturated carbocycles. The van der Waals surface area contributed by atoms with E-state index < -0.39 is 23.2 Å². The van der Waals surface area contributed by atoms with E-state index in [2.05, 4.69) is 12.2 Å². The Balaban J connectivity index is -0.000000320. The molecule has 7 heteroatoms. The minimum Gasteiger partial charge on any atom is -0.481 e. The summed E-state index contributed by atoms with van der Waals surface area (Å²) in [5.74, 6) is -2.56. The molecule has 0 aromatic carbocycles. The molecule has 0 bridgehead atoms. The molecule has 0 unspecified atom stereocenters. The van der Waals surface area contributed by atoms with Crippen LogP contribution in [0.2, 0.25) is 0 Å². The number of hydrogen-bond acceptors (Lipinski definition) is 5. The minimum atomic E-state index is -1.34. The summed E-state index contributed by atoms with van der Waals surface area (Å²) in [7, 11) is 0. The lowest BCUT2D eigenvalue weighted by Crippen LogP contribution is -2.14. The van der Waals surface area contributed by atoms with Crippen molar-refractivity contribution in [2.24, 2.45) is 0 Å². The van der Waals surface area contributed by atoms with Crippen molar-refractivity contribution in [1.29, 1.82) is 0 Å². The second-order valence-electron chi connectivity index (χ2n) is 1.30. The van der Waals surface area contributed by atoms with Gasteiger partial charge in [0, 0.05) is 0 Å². The van der Waals surface area contributed by atoms with E-state index in [1.54, 1.807) is 0 Å². The summed E-state index contributed by atoms with van der Waals surface area (Å²) < 4.78 is 0. The van der Waals surface area contributed by atoms with Crippen LogP contribution in [-0.4, -0.2) is 27.0 Å². The molecule has 0 fully saturated rings. The smallest absolute Gasteiger partial charge is 0.343 e. The van der Waals surface area contributed by atoms with Crippen molar-refractivity contribution >= 4 is 29.0 Å². The molecule has 0 atom stereocenters. The summed E-state index contributed by atoms with van der Waals surface area (Å²) in [6.07, 6.45) is -0.579. The van der Waals surface area contributed by atoms with Crippen molar-refractivity contribution in [3.05, 3.63) is 0 Å². The van der Waals surface area contributed by atoms with Gasteiger partial charge in [-0.15, -0.1) is 0 Å². The summed E-state index contributed by atoms with van der Waals surface area (Å²) >= 11 is 4.17. The van der Waals surface area contributed by atoms with Gasteiger partial charge in [0.25, 0.3) is 0 Å². The highest BCUT2D eigenvalue weighted by Crippen LogP contribution is 1.85. The van der Waals surface area contributed by atoms with Gasteiger partial charge in [0.15, 0.2) is 0 Å². The number of carboxylic acids is 2. The second-order valence-corrected chi connectivity index (χ2v) is 1.79. The number of hydrogen-bond donors (Lipinski definition) is 4. The molecule has 66 valence electrons. The second kappa shape index (κ2) is 7.06. The molecule has 0 aromatic rings. The molecule has 11 heavy (non-hydrogen) atoms. The minimum absolute atomic E-state index is 0.